The second-order valence-corrected chi connectivity index (χ2v) is 26.0. The molecular weight excluding hydrogens is 1170 g/mol. The number of amides is 1. The number of aliphatic hydroxyl groups is 11. The number of aliphatic hydroxyl groups excluding tert-OH is 11. The van der Waals surface area contributed by atoms with E-state index >= 15 is 0 Å². The van der Waals surface area contributed by atoms with Crippen LogP contribution in [0.4, 0.5) is 0 Å². The standard InChI is InChI=1S/C72H131NO18/c1-3-5-7-9-11-13-15-17-19-21-23-25-26-27-28-30-32-34-36-38-40-42-44-46-48-50-60(78)73-55(56(77)49-47-45-43-41-39-37-35-33-31-29-24-22-20-18-16-14-12-10-8-6-4-2)54-86-70-66(84)63(81)68(58(52-75)88-70)91-72-67(85)64(82)69(59(53-76)89-72)90-71-65(83)62(80)61(79)57(51-74)87-71/h15,17,21,23,39,41,47,49,55-59,61-72,74-77,79-85H,3-14,16,18-20,22,24-38,40,42-46,48,50-54H2,1-2H3,(H,73,78)/b17-15-,23-21-,41-39+,49-47+. The van der Waals surface area contributed by atoms with E-state index in [9.17, 15) is 61.0 Å². The molecule has 17 unspecified atom stereocenters. The highest BCUT2D eigenvalue weighted by Gasteiger charge is 2.53. The molecule has 0 aromatic rings. The summed E-state index contributed by atoms with van der Waals surface area (Å²) in [5.41, 5.74) is 0. The van der Waals surface area contributed by atoms with Crippen molar-refractivity contribution in [2.45, 2.75) is 375 Å². The number of hydrogen-bond acceptors (Lipinski definition) is 18. The molecule has 3 rings (SSSR count). The number of ether oxygens (including phenoxy) is 6. The van der Waals surface area contributed by atoms with Crippen LogP contribution in [-0.2, 0) is 33.2 Å². The van der Waals surface area contributed by atoms with Crippen LogP contribution in [0.15, 0.2) is 48.6 Å². The number of nitrogens with one attached hydrogen (secondary N) is 1. The summed E-state index contributed by atoms with van der Waals surface area (Å²) >= 11 is 0. The fourth-order valence-electron chi connectivity index (χ4n) is 12.2. The predicted octanol–water partition coefficient (Wildman–Crippen LogP) is 10.2. The topological polar surface area (TPSA) is 307 Å². The first-order valence-corrected chi connectivity index (χ1v) is 36.4. The van der Waals surface area contributed by atoms with Crippen LogP contribution in [0, 0.1) is 0 Å². The Balaban J connectivity index is 1.43. The maximum absolute atomic E-state index is 13.4. The van der Waals surface area contributed by atoms with Gasteiger partial charge in [-0.2, -0.15) is 0 Å². The summed E-state index contributed by atoms with van der Waals surface area (Å²) in [5.74, 6) is -0.284. The number of rotatable bonds is 56. The lowest BCUT2D eigenvalue weighted by Gasteiger charge is -2.48. The van der Waals surface area contributed by atoms with Crippen molar-refractivity contribution in [3.63, 3.8) is 0 Å². The third-order valence-electron chi connectivity index (χ3n) is 18.1. The lowest BCUT2D eigenvalue weighted by atomic mass is 9.96. The Bertz CT molecular complexity index is 1840. The van der Waals surface area contributed by atoms with Crippen LogP contribution in [0.5, 0.6) is 0 Å². The van der Waals surface area contributed by atoms with Crippen molar-refractivity contribution in [2.24, 2.45) is 0 Å². The van der Waals surface area contributed by atoms with Crippen molar-refractivity contribution < 1.29 is 89.4 Å². The third kappa shape index (κ3) is 35.5. The van der Waals surface area contributed by atoms with Gasteiger partial charge in [-0.1, -0.05) is 249 Å². The highest BCUT2D eigenvalue weighted by Crippen LogP contribution is 2.33. The molecule has 17 atom stereocenters. The van der Waals surface area contributed by atoms with Crippen molar-refractivity contribution in [2.75, 3.05) is 26.4 Å². The highest BCUT2D eigenvalue weighted by atomic mass is 16.8. The molecule has 0 radical (unpaired) electrons. The van der Waals surface area contributed by atoms with Crippen LogP contribution in [0.25, 0.3) is 0 Å². The van der Waals surface area contributed by atoms with Crippen LogP contribution in [-0.4, -0.2) is 193 Å². The van der Waals surface area contributed by atoms with Gasteiger partial charge < -0.3 is 89.9 Å². The van der Waals surface area contributed by atoms with Gasteiger partial charge in [0, 0.05) is 6.42 Å². The van der Waals surface area contributed by atoms with E-state index in [1.165, 1.54) is 193 Å². The molecule has 1 amide bonds. The summed E-state index contributed by atoms with van der Waals surface area (Å²) in [7, 11) is 0. The van der Waals surface area contributed by atoms with Crippen molar-refractivity contribution in [1.29, 1.82) is 0 Å². The number of allylic oxidation sites excluding steroid dienone is 7. The molecular formula is C72H131NO18. The summed E-state index contributed by atoms with van der Waals surface area (Å²) < 4.78 is 34.4. The molecule has 19 nitrogen and oxygen atoms in total. The quantitative estimate of drug-likeness (QED) is 0.0199. The maximum atomic E-state index is 13.4. The summed E-state index contributed by atoms with van der Waals surface area (Å²) in [6.45, 7) is 1.73. The van der Waals surface area contributed by atoms with E-state index in [-0.39, 0.29) is 18.9 Å². The second kappa shape index (κ2) is 53.8. The molecule has 3 fully saturated rings. The molecule has 0 aromatic carbocycles. The van der Waals surface area contributed by atoms with E-state index in [0.29, 0.717) is 12.8 Å². The van der Waals surface area contributed by atoms with Gasteiger partial charge in [0.2, 0.25) is 5.91 Å². The number of hydrogen-bond donors (Lipinski definition) is 12. The molecule has 12 N–H and O–H groups in total. The van der Waals surface area contributed by atoms with Crippen LogP contribution in [0.2, 0.25) is 0 Å². The lowest BCUT2D eigenvalue weighted by molar-refractivity contribution is -0.379. The van der Waals surface area contributed by atoms with Crippen LogP contribution in [0.1, 0.15) is 271 Å². The molecule has 0 aliphatic carbocycles. The molecule has 19 heteroatoms. The molecule has 0 bridgehead atoms. The van der Waals surface area contributed by atoms with Crippen molar-refractivity contribution >= 4 is 5.91 Å². The van der Waals surface area contributed by atoms with Crippen molar-refractivity contribution in [1.82, 2.24) is 5.32 Å². The van der Waals surface area contributed by atoms with Crippen LogP contribution < -0.4 is 5.32 Å². The Hall–Kier alpha value is -2.25. The molecule has 3 saturated heterocycles. The normalized spacial score (nSPS) is 28.1. The van der Waals surface area contributed by atoms with E-state index < -0.39 is 124 Å². The van der Waals surface area contributed by atoms with Crippen molar-refractivity contribution in [3.8, 4) is 0 Å². The molecule has 0 spiro atoms. The van der Waals surface area contributed by atoms with Gasteiger partial charge in [-0.05, 0) is 64.2 Å². The van der Waals surface area contributed by atoms with Crippen LogP contribution in [0.3, 0.4) is 0 Å². The first-order chi connectivity index (χ1) is 44.3. The summed E-state index contributed by atoms with van der Waals surface area (Å²) in [4.78, 5) is 13.4. The molecule has 532 valence electrons. The summed E-state index contributed by atoms with van der Waals surface area (Å²) in [6, 6.07) is -0.992. The minimum atomic E-state index is -1.98. The van der Waals surface area contributed by atoms with Crippen molar-refractivity contribution in [3.05, 3.63) is 48.6 Å². The first-order valence-electron chi connectivity index (χ1n) is 36.4. The highest BCUT2D eigenvalue weighted by molar-refractivity contribution is 5.76. The monoisotopic (exact) mass is 1300 g/mol. The molecule has 0 saturated carbocycles. The molecule has 3 aliphatic rings. The van der Waals surface area contributed by atoms with E-state index in [0.717, 1.165) is 44.9 Å². The smallest absolute Gasteiger partial charge is 0.220 e. The number of carbonyl (C=O) groups is 1. The second-order valence-electron chi connectivity index (χ2n) is 26.0. The fraction of sp³-hybridized carbons (Fsp3) is 0.875. The average Bonchev–Trinajstić information content (AvgIpc) is 0.883. The van der Waals surface area contributed by atoms with Gasteiger partial charge in [0.25, 0.3) is 0 Å². The minimum absolute atomic E-state index is 0.235. The van der Waals surface area contributed by atoms with Gasteiger partial charge in [-0.25, -0.2) is 0 Å². The summed E-state index contributed by atoms with van der Waals surface area (Å²) in [6.07, 6.45) is 38.0. The largest absolute Gasteiger partial charge is 0.394 e. The van der Waals surface area contributed by atoms with Gasteiger partial charge >= 0.3 is 0 Å². The molecule has 3 heterocycles. The van der Waals surface area contributed by atoms with E-state index in [2.05, 4.69) is 55.6 Å². The maximum Gasteiger partial charge on any atom is 0.220 e. The molecule has 3 aliphatic heterocycles. The zero-order valence-corrected chi connectivity index (χ0v) is 56.3. The Labute approximate surface area is 548 Å². The fourth-order valence-corrected chi connectivity index (χ4v) is 12.2. The van der Waals surface area contributed by atoms with Gasteiger partial charge in [0.15, 0.2) is 18.9 Å². The molecule has 0 aromatic heterocycles. The van der Waals surface area contributed by atoms with Gasteiger partial charge in [0.05, 0.1) is 38.6 Å². The average molecular weight is 1300 g/mol. The summed E-state index contributed by atoms with van der Waals surface area (Å²) in [5, 5.41) is 121. The SMILES string of the molecule is CCCCCCC/C=C\C/C=C\CCCCCCCCCCCCCCCC(=O)NC(COC1OC(CO)C(OC2OC(CO)C(OC3OC(CO)C(O)C(O)C3O)C(O)C2O)C(O)C1O)C(O)/C=C/CC/C=C/CCCCCCCCCCCCCCCCC. The van der Waals surface area contributed by atoms with Gasteiger partial charge in [-0.15, -0.1) is 0 Å². The Morgan fingerprint density at radius 3 is 1.16 bits per heavy atom. The van der Waals surface area contributed by atoms with Gasteiger partial charge in [-0.3, -0.25) is 4.79 Å². The Kier molecular flexibility index (Phi) is 49.1. The lowest BCUT2D eigenvalue weighted by Crippen LogP contribution is -2.66. The van der Waals surface area contributed by atoms with E-state index in [1.807, 2.05) is 6.08 Å². The Morgan fingerprint density at radius 1 is 0.396 bits per heavy atom. The predicted molar refractivity (Wildman–Crippen MR) is 356 cm³/mol. The Morgan fingerprint density at radius 2 is 0.736 bits per heavy atom. The first kappa shape index (κ1) is 83.0. The number of carbonyl (C=O) groups excluding carboxylic acids is 1. The van der Waals surface area contributed by atoms with E-state index in [1.54, 1.807) is 6.08 Å². The van der Waals surface area contributed by atoms with Crippen LogP contribution >= 0.6 is 0 Å². The van der Waals surface area contributed by atoms with E-state index in [4.69, 9.17) is 28.4 Å². The zero-order chi connectivity index (χ0) is 66.1. The zero-order valence-electron chi connectivity index (χ0n) is 56.3. The third-order valence-corrected chi connectivity index (χ3v) is 18.1. The number of unbranched alkanes of at least 4 members (excludes halogenated alkanes) is 34. The van der Waals surface area contributed by atoms with Gasteiger partial charge in [0.1, 0.15) is 73.2 Å². The minimum Gasteiger partial charge on any atom is -0.394 e. The molecule has 91 heavy (non-hydrogen) atoms.